The van der Waals surface area contributed by atoms with Crippen LogP contribution in [0.4, 0.5) is 4.39 Å². The molecule has 50 heavy (non-hydrogen) atoms. The molecule has 0 bridgehead atoms. The van der Waals surface area contributed by atoms with Crippen molar-refractivity contribution in [1.29, 1.82) is 0 Å². The van der Waals surface area contributed by atoms with Crippen LogP contribution in [0, 0.1) is 0 Å². The van der Waals surface area contributed by atoms with Crippen LogP contribution in [0.1, 0.15) is 33.9 Å². The van der Waals surface area contributed by atoms with Gasteiger partial charge in [0.15, 0.2) is 30.7 Å². The van der Waals surface area contributed by atoms with Gasteiger partial charge in [-0.1, -0.05) is 12.2 Å². The van der Waals surface area contributed by atoms with Crippen LogP contribution in [-0.4, -0.2) is 117 Å². The molecule has 1 aromatic heterocycles. The molecule has 2 aliphatic heterocycles. The van der Waals surface area contributed by atoms with Crippen molar-refractivity contribution in [3.63, 3.8) is 0 Å². The van der Waals surface area contributed by atoms with E-state index in [0.29, 0.717) is 4.57 Å². The van der Waals surface area contributed by atoms with Gasteiger partial charge in [0.25, 0.3) is 5.56 Å². The Labute approximate surface area is 285 Å². The highest BCUT2D eigenvalue weighted by Crippen LogP contribution is 2.66. The SMILES string of the molecule is CC(=O)OC[C@H](OC(C)=O)C1OC(OP(=O)(O)OP(=O)(S)OC[C@H]2O[C@@H](n3ccc(=O)[nH]c3=O)[C@H](F)[C@@H]2O)C(OC(C)=O)C(OC(C)=O)C1O. The van der Waals surface area contributed by atoms with E-state index < -0.39 is 124 Å². The van der Waals surface area contributed by atoms with E-state index in [1.54, 1.807) is 0 Å². The number of phosphoric acid groups is 1. The first-order chi connectivity index (χ1) is 23.1. The van der Waals surface area contributed by atoms with Crippen molar-refractivity contribution >= 4 is 50.7 Å². The lowest BCUT2D eigenvalue weighted by atomic mass is 9.95. The standard InChI is InChI=1S/C24H33FN2O20P2S/c1-9(28)39-7-14(41-10(2)29)19-18(34)20(42-11(3)30)21(43-12(4)31)23(45-19)46-48(36,37)47-49(38,50)40-8-13-17(33)16(25)22(44-13)27-6-5-15(32)26-24(27)35/h5-6,13-14,16-23,33-34H,7-8H2,1-4H3,(H,36,37)(H,38,50)(H,26,32,35)/t13-,14+,16-,17-,18?,19?,20?,21?,22-,23?,49?/m1/s1. The number of rotatable bonds is 14. The Morgan fingerprint density at radius 1 is 1.00 bits per heavy atom. The van der Waals surface area contributed by atoms with Gasteiger partial charge in [-0.3, -0.25) is 42.6 Å². The minimum Gasteiger partial charge on any atom is -0.462 e. The molecule has 0 spiro atoms. The van der Waals surface area contributed by atoms with Crippen LogP contribution in [0.25, 0.3) is 0 Å². The van der Waals surface area contributed by atoms with E-state index in [0.717, 1.165) is 40.0 Å². The summed E-state index contributed by atoms with van der Waals surface area (Å²) in [5, 5.41) is 21.3. The Kier molecular flexibility index (Phi) is 14.1. The zero-order valence-electron chi connectivity index (χ0n) is 26.3. The van der Waals surface area contributed by atoms with E-state index in [9.17, 15) is 57.4 Å². The molecule has 4 N–H and O–H groups in total. The predicted octanol–water partition coefficient (Wildman–Crippen LogP) is -1.23. The van der Waals surface area contributed by atoms with E-state index >= 15 is 0 Å². The van der Waals surface area contributed by atoms with E-state index in [-0.39, 0.29) is 0 Å². The number of aromatic amines is 1. The Balaban J connectivity index is 1.82. The van der Waals surface area contributed by atoms with Gasteiger partial charge in [-0.25, -0.2) is 18.3 Å². The average Bonchev–Trinajstić information content (AvgIpc) is 3.24. The van der Waals surface area contributed by atoms with Crippen LogP contribution < -0.4 is 11.2 Å². The Hall–Kier alpha value is -3.02. The van der Waals surface area contributed by atoms with Crippen molar-refractivity contribution in [2.45, 2.75) is 89.1 Å². The maximum atomic E-state index is 14.8. The molecule has 22 nitrogen and oxygen atoms in total. The number of aliphatic hydroxyl groups excluding tert-OH is 2. The third kappa shape index (κ3) is 11.2. The van der Waals surface area contributed by atoms with Crippen LogP contribution in [0.2, 0.25) is 0 Å². The van der Waals surface area contributed by atoms with Gasteiger partial charge in [0, 0.05) is 40.0 Å². The highest BCUT2D eigenvalue weighted by molar-refractivity contribution is 8.45. The number of alkyl halides is 1. The highest BCUT2D eigenvalue weighted by Gasteiger charge is 2.55. The molecule has 2 fully saturated rings. The number of ether oxygens (including phenoxy) is 6. The first-order valence-electron chi connectivity index (χ1n) is 14.1. The van der Waals surface area contributed by atoms with Gasteiger partial charge in [-0.05, 0) is 0 Å². The lowest BCUT2D eigenvalue weighted by molar-refractivity contribution is -0.299. The summed E-state index contributed by atoms with van der Waals surface area (Å²) in [4.78, 5) is 82.8. The third-order valence-corrected chi connectivity index (χ3v) is 10.2. The quantitative estimate of drug-likeness (QED) is 0.0638. The molecule has 0 saturated carbocycles. The molecule has 1 aromatic rings. The summed E-state index contributed by atoms with van der Waals surface area (Å²) in [7, 11) is -5.77. The van der Waals surface area contributed by atoms with Crippen LogP contribution in [0.3, 0.4) is 0 Å². The molecule has 3 heterocycles. The fourth-order valence-corrected chi connectivity index (χ4v) is 7.84. The second-order valence-corrected chi connectivity index (χ2v) is 15.0. The number of hydrogen-bond acceptors (Lipinski definition) is 19. The van der Waals surface area contributed by atoms with E-state index in [1.807, 2.05) is 4.98 Å². The largest absolute Gasteiger partial charge is 0.482 e. The van der Waals surface area contributed by atoms with Gasteiger partial charge >= 0.3 is 44.2 Å². The van der Waals surface area contributed by atoms with E-state index in [2.05, 4.69) is 16.6 Å². The normalized spacial score (nSPS) is 31.0. The van der Waals surface area contributed by atoms with Gasteiger partial charge in [0.2, 0.25) is 6.29 Å². The van der Waals surface area contributed by atoms with Crippen LogP contribution in [0.5, 0.6) is 0 Å². The monoisotopic (exact) mass is 782 g/mol. The predicted molar refractivity (Wildman–Crippen MR) is 159 cm³/mol. The zero-order valence-corrected chi connectivity index (χ0v) is 29.0. The molecular formula is C24H33FN2O20P2S. The number of aromatic nitrogens is 2. The van der Waals surface area contributed by atoms with Gasteiger partial charge < -0.3 is 43.5 Å². The van der Waals surface area contributed by atoms with Gasteiger partial charge in [0.1, 0.15) is 31.0 Å². The van der Waals surface area contributed by atoms with E-state index in [1.165, 1.54) is 0 Å². The molecule has 2 aliphatic rings. The van der Waals surface area contributed by atoms with Crippen molar-refractivity contribution in [2.24, 2.45) is 0 Å². The number of thiol groups is 1. The zero-order chi connectivity index (χ0) is 37.7. The van der Waals surface area contributed by atoms with Crippen LogP contribution in [-0.2, 0) is 70.1 Å². The minimum absolute atomic E-state index is 0.608. The number of hydrogen-bond donors (Lipinski definition) is 5. The summed E-state index contributed by atoms with van der Waals surface area (Å²) < 4.78 is 86.5. The smallest absolute Gasteiger partial charge is 0.462 e. The molecule has 0 radical (unpaired) electrons. The second-order valence-electron chi connectivity index (χ2n) is 10.5. The van der Waals surface area contributed by atoms with Crippen molar-refractivity contribution in [3.05, 3.63) is 33.1 Å². The Morgan fingerprint density at radius 3 is 2.18 bits per heavy atom. The molecule has 12 atom stereocenters. The maximum absolute atomic E-state index is 14.8. The van der Waals surface area contributed by atoms with E-state index in [4.69, 9.17) is 37.5 Å². The molecule has 0 aromatic carbocycles. The molecule has 3 rings (SSSR count). The van der Waals surface area contributed by atoms with Crippen molar-refractivity contribution in [3.8, 4) is 0 Å². The average molecular weight is 783 g/mol. The fraction of sp³-hybridized carbons (Fsp3) is 0.667. The minimum atomic E-state index is -5.77. The summed E-state index contributed by atoms with van der Waals surface area (Å²) in [6, 6.07) is 0.873. The van der Waals surface area contributed by atoms with Crippen molar-refractivity contribution in [1.82, 2.24) is 9.55 Å². The lowest BCUT2D eigenvalue weighted by Crippen LogP contribution is -2.64. The number of carbonyl (C=O) groups excluding carboxylic acids is 4. The molecule has 0 aliphatic carbocycles. The molecule has 0 amide bonds. The molecular weight excluding hydrogens is 749 g/mol. The number of nitrogens with one attached hydrogen (secondary N) is 1. The van der Waals surface area contributed by atoms with Crippen LogP contribution in [0.15, 0.2) is 21.9 Å². The first-order valence-corrected chi connectivity index (χ1v) is 18.3. The first kappa shape index (κ1) is 41.4. The summed E-state index contributed by atoms with van der Waals surface area (Å²) >= 11 is 3.56. The third-order valence-electron chi connectivity index (χ3n) is 6.56. The summed E-state index contributed by atoms with van der Waals surface area (Å²) in [5.41, 5.74) is -1.89. The Morgan fingerprint density at radius 2 is 1.62 bits per heavy atom. The lowest BCUT2D eigenvalue weighted by Gasteiger charge is -2.44. The number of esters is 4. The number of aliphatic hydroxyl groups is 2. The van der Waals surface area contributed by atoms with Crippen LogP contribution >= 0.6 is 26.9 Å². The Bertz CT molecular complexity index is 1640. The topological polar surface area (TPSA) is 301 Å². The number of phosphoric ester groups is 1. The van der Waals surface area contributed by atoms with Gasteiger partial charge in [-0.2, -0.15) is 4.31 Å². The summed E-state index contributed by atoms with van der Waals surface area (Å²) in [5.74, 6) is -4.05. The molecule has 282 valence electrons. The van der Waals surface area contributed by atoms with Gasteiger partial charge in [-0.15, -0.1) is 0 Å². The second kappa shape index (κ2) is 17.0. The molecule has 2 saturated heterocycles. The highest BCUT2D eigenvalue weighted by atomic mass is 32.7. The van der Waals surface area contributed by atoms with Crippen molar-refractivity contribution < 1.29 is 89.6 Å². The fourth-order valence-electron chi connectivity index (χ4n) is 4.66. The number of halogens is 1. The number of carbonyl (C=O) groups is 4. The summed E-state index contributed by atoms with van der Waals surface area (Å²) in [6.45, 7) is -3.20. The van der Waals surface area contributed by atoms with Gasteiger partial charge in [0.05, 0.1) is 6.61 Å². The number of nitrogens with zero attached hydrogens (tertiary/aromatic N) is 1. The summed E-state index contributed by atoms with van der Waals surface area (Å²) in [6.07, 6.45) is -18.9. The van der Waals surface area contributed by atoms with Crippen molar-refractivity contribution in [2.75, 3.05) is 13.2 Å². The number of H-pyrrole nitrogens is 1. The molecule has 7 unspecified atom stereocenters. The molecule has 26 heteroatoms. The maximum Gasteiger partial charge on any atom is 0.482 e.